The van der Waals surface area contributed by atoms with E-state index in [9.17, 15) is 0 Å². The van der Waals surface area contributed by atoms with Crippen LogP contribution in [0.25, 0.3) is 0 Å². The van der Waals surface area contributed by atoms with E-state index < -0.39 is 5.79 Å². The summed E-state index contributed by atoms with van der Waals surface area (Å²) in [6, 6.07) is 0. The first-order valence-corrected chi connectivity index (χ1v) is 9.94. The molecule has 4 nitrogen and oxygen atoms in total. The van der Waals surface area contributed by atoms with Crippen LogP contribution in [0.3, 0.4) is 0 Å². The van der Waals surface area contributed by atoms with E-state index in [4.69, 9.17) is 9.47 Å². The van der Waals surface area contributed by atoms with E-state index in [1.807, 2.05) is 12.5 Å². The summed E-state index contributed by atoms with van der Waals surface area (Å²) in [6.07, 6.45) is 7.41. The van der Waals surface area contributed by atoms with Gasteiger partial charge in [0.15, 0.2) is 5.79 Å². The fourth-order valence-electron chi connectivity index (χ4n) is 3.98. The summed E-state index contributed by atoms with van der Waals surface area (Å²) < 4.78 is 14.8. The summed E-state index contributed by atoms with van der Waals surface area (Å²) in [7, 11) is 0. The summed E-state index contributed by atoms with van der Waals surface area (Å²) >= 11 is 0. The third-order valence-electron chi connectivity index (χ3n) is 6.35. The Morgan fingerprint density at radius 3 is 2.00 bits per heavy atom. The lowest BCUT2D eigenvalue weighted by atomic mass is 9.86. The van der Waals surface area contributed by atoms with Crippen molar-refractivity contribution in [2.75, 3.05) is 13.2 Å². The molecule has 1 aromatic carbocycles. The van der Waals surface area contributed by atoms with Crippen LogP contribution in [-0.4, -0.2) is 28.6 Å². The van der Waals surface area contributed by atoms with Gasteiger partial charge in [0, 0.05) is 24.2 Å². The normalized spacial score (nSPS) is 18.6. The molecular formula is C23H34N2O2. The Bertz CT molecular complexity index is 767. The van der Waals surface area contributed by atoms with Gasteiger partial charge in [-0.25, -0.2) is 4.98 Å². The van der Waals surface area contributed by atoms with Crippen LogP contribution >= 0.6 is 0 Å². The van der Waals surface area contributed by atoms with E-state index in [-0.39, 0.29) is 5.41 Å². The van der Waals surface area contributed by atoms with Gasteiger partial charge in [0.05, 0.1) is 26.1 Å². The lowest BCUT2D eigenvalue weighted by Gasteiger charge is -2.44. The molecule has 0 spiro atoms. The van der Waals surface area contributed by atoms with Crippen LogP contribution < -0.4 is 0 Å². The standard InChI is InChI=1S/C23H34N2O2/c1-16-17(2)19(4)21(20(5)18(16)3)8-9-23(12-25-11-10-24-15-25)26-13-22(6,7)14-27-23/h10-11,15H,8-9,12-14H2,1-7H3. The molecule has 1 aliphatic rings. The molecule has 0 atom stereocenters. The van der Waals surface area contributed by atoms with E-state index in [2.05, 4.69) is 58.0 Å². The highest BCUT2D eigenvalue weighted by molar-refractivity contribution is 5.49. The molecule has 2 aromatic rings. The molecule has 0 unspecified atom stereocenters. The third kappa shape index (κ3) is 4.12. The zero-order chi connectivity index (χ0) is 19.8. The Labute approximate surface area is 163 Å². The Hall–Kier alpha value is -1.65. The van der Waals surface area contributed by atoms with Crippen molar-refractivity contribution in [1.29, 1.82) is 0 Å². The van der Waals surface area contributed by atoms with E-state index >= 15 is 0 Å². The number of ether oxygens (including phenoxy) is 2. The number of imidazole rings is 1. The highest BCUT2D eigenvalue weighted by atomic mass is 16.7. The minimum atomic E-state index is -0.595. The molecule has 3 rings (SSSR count). The monoisotopic (exact) mass is 370 g/mol. The maximum Gasteiger partial charge on any atom is 0.186 e. The molecule has 0 radical (unpaired) electrons. The highest BCUT2D eigenvalue weighted by Crippen LogP contribution is 2.35. The Morgan fingerprint density at radius 1 is 0.926 bits per heavy atom. The maximum atomic E-state index is 6.37. The average Bonchev–Trinajstić information content (AvgIpc) is 3.14. The Kier molecular flexibility index (Phi) is 5.51. The van der Waals surface area contributed by atoms with Gasteiger partial charge in [-0.3, -0.25) is 0 Å². The van der Waals surface area contributed by atoms with Crippen LogP contribution in [0.1, 0.15) is 53.6 Å². The summed E-state index contributed by atoms with van der Waals surface area (Å²) in [5.41, 5.74) is 8.54. The lowest BCUT2D eigenvalue weighted by Crippen LogP contribution is -2.50. The molecule has 0 saturated carbocycles. The second kappa shape index (κ2) is 7.40. The van der Waals surface area contributed by atoms with E-state index in [0.29, 0.717) is 19.8 Å². The predicted molar refractivity (Wildman–Crippen MR) is 109 cm³/mol. The van der Waals surface area contributed by atoms with Crippen molar-refractivity contribution in [2.24, 2.45) is 5.41 Å². The topological polar surface area (TPSA) is 36.3 Å². The lowest BCUT2D eigenvalue weighted by molar-refractivity contribution is -0.307. The molecule has 0 amide bonds. The van der Waals surface area contributed by atoms with Crippen LogP contribution in [0.15, 0.2) is 18.7 Å². The second-order valence-electron chi connectivity index (χ2n) is 8.99. The number of nitrogens with zero attached hydrogens (tertiary/aromatic N) is 2. The summed E-state index contributed by atoms with van der Waals surface area (Å²) in [6.45, 7) is 17.7. The first-order chi connectivity index (χ1) is 12.6. The fourth-order valence-corrected chi connectivity index (χ4v) is 3.98. The quantitative estimate of drug-likeness (QED) is 0.756. The second-order valence-corrected chi connectivity index (χ2v) is 8.99. The van der Waals surface area contributed by atoms with Crippen LogP contribution in [0.4, 0.5) is 0 Å². The number of hydrogen-bond donors (Lipinski definition) is 0. The predicted octanol–water partition coefficient (Wildman–Crippen LogP) is 4.83. The maximum absolute atomic E-state index is 6.37. The molecule has 1 fully saturated rings. The van der Waals surface area contributed by atoms with Gasteiger partial charge >= 0.3 is 0 Å². The highest BCUT2D eigenvalue weighted by Gasteiger charge is 2.41. The van der Waals surface area contributed by atoms with Gasteiger partial charge in [0.25, 0.3) is 0 Å². The van der Waals surface area contributed by atoms with Crippen molar-refractivity contribution in [1.82, 2.24) is 9.55 Å². The number of benzene rings is 1. The summed E-state index contributed by atoms with van der Waals surface area (Å²) in [4.78, 5) is 4.18. The first kappa shape index (κ1) is 20.1. The van der Waals surface area contributed by atoms with Gasteiger partial charge in [-0.2, -0.15) is 0 Å². The smallest absolute Gasteiger partial charge is 0.186 e. The van der Waals surface area contributed by atoms with Crippen LogP contribution in [0.2, 0.25) is 0 Å². The van der Waals surface area contributed by atoms with Crippen molar-refractivity contribution in [2.45, 2.75) is 73.6 Å². The van der Waals surface area contributed by atoms with Gasteiger partial charge in [-0.15, -0.1) is 0 Å². The zero-order valence-electron chi connectivity index (χ0n) is 18.0. The molecule has 0 N–H and O–H groups in total. The molecule has 0 aliphatic carbocycles. The molecule has 0 bridgehead atoms. The van der Waals surface area contributed by atoms with E-state index in [1.54, 1.807) is 6.20 Å². The number of hydrogen-bond acceptors (Lipinski definition) is 3. The molecular weight excluding hydrogens is 336 g/mol. The molecule has 2 heterocycles. The van der Waals surface area contributed by atoms with Crippen molar-refractivity contribution in [3.63, 3.8) is 0 Å². The van der Waals surface area contributed by atoms with Gasteiger partial charge in [0.2, 0.25) is 0 Å². The number of aromatic nitrogens is 2. The van der Waals surface area contributed by atoms with E-state index in [1.165, 1.54) is 33.4 Å². The van der Waals surface area contributed by atoms with Crippen molar-refractivity contribution in [3.05, 3.63) is 52.1 Å². The van der Waals surface area contributed by atoms with Crippen molar-refractivity contribution in [3.8, 4) is 0 Å². The molecule has 1 aliphatic heterocycles. The summed E-state index contributed by atoms with van der Waals surface area (Å²) in [5.74, 6) is -0.595. The molecule has 4 heteroatoms. The largest absolute Gasteiger partial charge is 0.348 e. The Balaban J connectivity index is 1.86. The minimum Gasteiger partial charge on any atom is -0.348 e. The van der Waals surface area contributed by atoms with E-state index in [0.717, 1.165) is 12.8 Å². The average molecular weight is 371 g/mol. The SMILES string of the molecule is Cc1c(C)c(C)c(CCC2(Cn3ccnc3)OCC(C)(C)CO2)c(C)c1C. The number of rotatable bonds is 5. The molecule has 1 aromatic heterocycles. The first-order valence-electron chi connectivity index (χ1n) is 9.94. The minimum absolute atomic E-state index is 0.0569. The molecule has 27 heavy (non-hydrogen) atoms. The van der Waals surface area contributed by atoms with Gasteiger partial charge in [-0.1, -0.05) is 13.8 Å². The Morgan fingerprint density at radius 2 is 1.48 bits per heavy atom. The zero-order valence-corrected chi connectivity index (χ0v) is 18.0. The van der Waals surface area contributed by atoms with Crippen LogP contribution in [-0.2, 0) is 22.4 Å². The summed E-state index contributed by atoms with van der Waals surface area (Å²) in [5, 5.41) is 0. The molecule has 1 saturated heterocycles. The fraction of sp³-hybridized carbons (Fsp3) is 0.609. The van der Waals surface area contributed by atoms with Gasteiger partial charge in [0.1, 0.15) is 0 Å². The van der Waals surface area contributed by atoms with Crippen LogP contribution in [0, 0.1) is 40.0 Å². The van der Waals surface area contributed by atoms with Gasteiger partial charge in [-0.05, 0) is 74.4 Å². The van der Waals surface area contributed by atoms with Crippen molar-refractivity contribution >= 4 is 0 Å². The van der Waals surface area contributed by atoms with Crippen molar-refractivity contribution < 1.29 is 9.47 Å². The third-order valence-corrected chi connectivity index (χ3v) is 6.35. The van der Waals surface area contributed by atoms with Gasteiger partial charge < -0.3 is 14.0 Å². The van der Waals surface area contributed by atoms with Crippen LogP contribution in [0.5, 0.6) is 0 Å². The molecule has 148 valence electrons.